The Bertz CT molecular complexity index is 768. The van der Waals surface area contributed by atoms with Crippen LogP contribution in [0.5, 0.6) is 5.75 Å². The number of aryl methyl sites for hydroxylation is 1. The lowest BCUT2D eigenvalue weighted by atomic mass is 10.1. The first kappa shape index (κ1) is 14.8. The normalized spacial score (nSPS) is 12.4. The van der Waals surface area contributed by atoms with Crippen LogP contribution in [0.4, 0.5) is 0 Å². The summed E-state index contributed by atoms with van der Waals surface area (Å²) >= 11 is 3.46. The van der Waals surface area contributed by atoms with Gasteiger partial charge in [-0.1, -0.05) is 0 Å². The lowest BCUT2D eigenvalue weighted by Gasteiger charge is -2.20. The molecule has 3 nitrogen and oxygen atoms in total. The Labute approximate surface area is 133 Å². The van der Waals surface area contributed by atoms with Gasteiger partial charge >= 0.3 is 0 Å². The number of hydrogen-bond donors (Lipinski definition) is 1. The molecule has 0 fully saturated rings. The third-order valence-electron chi connectivity index (χ3n) is 3.18. The Morgan fingerprint density at radius 3 is 2.90 bits per heavy atom. The monoisotopic (exact) mass is 320 g/mol. The highest BCUT2D eigenvalue weighted by atomic mass is 32.1. The van der Waals surface area contributed by atoms with Crippen molar-refractivity contribution in [1.82, 2.24) is 10.3 Å². The van der Waals surface area contributed by atoms with Crippen LogP contribution in [0.3, 0.4) is 0 Å². The number of nitrogens with zero attached hydrogens (tertiary/aromatic N) is 1. The van der Waals surface area contributed by atoms with Gasteiger partial charge in [-0.25, -0.2) is 4.98 Å². The van der Waals surface area contributed by atoms with Crippen molar-refractivity contribution in [3.05, 3.63) is 22.5 Å². The minimum atomic E-state index is 0.125. The number of thiazole rings is 1. The third kappa shape index (κ3) is 3.20. The number of aromatic nitrogens is 1. The van der Waals surface area contributed by atoms with E-state index >= 15 is 0 Å². The van der Waals surface area contributed by atoms with Crippen molar-refractivity contribution in [2.24, 2.45) is 0 Å². The van der Waals surface area contributed by atoms with Crippen molar-refractivity contribution in [3.63, 3.8) is 0 Å². The maximum absolute atomic E-state index is 6.01. The predicted octanol–water partition coefficient (Wildman–Crippen LogP) is 4.59. The van der Waals surface area contributed by atoms with Crippen LogP contribution < -0.4 is 10.1 Å². The third-order valence-corrected chi connectivity index (χ3v) is 5.02. The van der Waals surface area contributed by atoms with Crippen molar-refractivity contribution in [1.29, 1.82) is 0 Å². The first-order chi connectivity index (χ1) is 9.94. The summed E-state index contributed by atoms with van der Waals surface area (Å²) in [4.78, 5) is 4.64. The maximum Gasteiger partial charge on any atom is 0.129 e. The molecule has 2 heterocycles. The van der Waals surface area contributed by atoms with Crippen molar-refractivity contribution in [2.45, 2.75) is 33.2 Å². The molecule has 0 aliphatic carbocycles. The smallest absolute Gasteiger partial charge is 0.129 e. The molecule has 2 aromatic heterocycles. The first-order valence-corrected chi connectivity index (χ1v) is 8.79. The maximum atomic E-state index is 6.01. The number of fused-ring (bicyclic) bond motifs is 3. The molecule has 0 bridgehead atoms. The van der Waals surface area contributed by atoms with E-state index in [2.05, 4.69) is 55.5 Å². The Balaban J connectivity index is 1.85. The molecule has 3 aromatic rings. The summed E-state index contributed by atoms with van der Waals surface area (Å²) in [6, 6.07) is 4.26. The molecule has 0 saturated carbocycles. The molecule has 0 atom stereocenters. The highest BCUT2D eigenvalue weighted by molar-refractivity contribution is 7.21. The van der Waals surface area contributed by atoms with Crippen LogP contribution in [0.1, 0.15) is 25.8 Å². The highest BCUT2D eigenvalue weighted by Gasteiger charge is 2.13. The van der Waals surface area contributed by atoms with Gasteiger partial charge in [0.2, 0.25) is 0 Å². The minimum absolute atomic E-state index is 0.125. The van der Waals surface area contributed by atoms with Crippen LogP contribution >= 0.6 is 22.7 Å². The quantitative estimate of drug-likeness (QED) is 0.714. The first-order valence-electron chi connectivity index (χ1n) is 7.09. The fourth-order valence-corrected chi connectivity index (χ4v) is 4.13. The van der Waals surface area contributed by atoms with Crippen LogP contribution in [0, 0.1) is 6.92 Å². The van der Waals surface area contributed by atoms with Gasteiger partial charge in [0.1, 0.15) is 12.4 Å². The van der Waals surface area contributed by atoms with Crippen LogP contribution in [0.25, 0.3) is 20.3 Å². The largest absolute Gasteiger partial charge is 0.492 e. The van der Waals surface area contributed by atoms with Gasteiger partial charge in [0.05, 0.1) is 19.9 Å². The van der Waals surface area contributed by atoms with E-state index in [1.807, 2.05) is 0 Å². The fraction of sp³-hybridized carbons (Fsp3) is 0.438. The second-order valence-electron chi connectivity index (χ2n) is 6.14. The average molecular weight is 320 g/mol. The average Bonchev–Trinajstić information content (AvgIpc) is 2.98. The van der Waals surface area contributed by atoms with Gasteiger partial charge in [-0.05, 0) is 39.1 Å². The van der Waals surface area contributed by atoms with Crippen LogP contribution in [-0.4, -0.2) is 23.7 Å². The molecule has 1 aromatic carbocycles. The molecule has 0 aliphatic rings. The summed E-state index contributed by atoms with van der Waals surface area (Å²) in [7, 11) is 0. The zero-order valence-corrected chi connectivity index (χ0v) is 14.5. The summed E-state index contributed by atoms with van der Waals surface area (Å²) in [6.07, 6.45) is 0. The molecule has 0 radical (unpaired) electrons. The number of thiophene rings is 1. The lowest BCUT2D eigenvalue weighted by Crippen LogP contribution is -2.38. The molecule has 0 amide bonds. The zero-order valence-electron chi connectivity index (χ0n) is 12.8. The van der Waals surface area contributed by atoms with E-state index in [1.165, 1.54) is 14.8 Å². The molecular formula is C16H20N2OS2. The molecule has 1 N–H and O–H groups in total. The summed E-state index contributed by atoms with van der Waals surface area (Å²) in [6.45, 7) is 10.1. The van der Waals surface area contributed by atoms with E-state index in [0.717, 1.165) is 22.8 Å². The Morgan fingerprint density at radius 1 is 1.33 bits per heavy atom. The highest BCUT2D eigenvalue weighted by Crippen LogP contribution is 2.38. The molecular weight excluding hydrogens is 300 g/mol. The minimum Gasteiger partial charge on any atom is -0.492 e. The molecule has 21 heavy (non-hydrogen) atoms. The second kappa shape index (κ2) is 5.55. The summed E-state index contributed by atoms with van der Waals surface area (Å²) in [5, 5.41) is 7.83. The number of benzene rings is 1. The Hall–Kier alpha value is -1.17. The molecule has 0 aliphatic heterocycles. The van der Waals surface area contributed by atoms with Gasteiger partial charge in [-0.3, -0.25) is 0 Å². The molecule has 5 heteroatoms. The molecule has 0 spiro atoms. The van der Waals surface area contributed by atoms with Gasteiger partial charge in [-0.15, -0.1) is 22.7 Å². The Kier molecular flexibility index (Phi) is 3.90. The van der Waals surface area contributed by atoms with E-state index in [1.54, 1.807) is 22.7 Å². The van der Waals surface area contributed by atoms with Crippen molar-refractivity contribution in [2.75, 3.05) is 13.2 Å². The van der Waals surface area contributed by atoms with Crippen LogP contribution in [0.2, 0.25) is 0 Å². The second-order valence-corrected chi connectivity index (χ2v) is 8.29. The van der Waals surface area contributed by atoms with E-state index in [-0.39, 0.29) is 5.54 Å². The number of ether oxygens (including phenoxy) is 1. The fourth-order valence-electron chi connectivity index (χ4n) is 2.29. The molecule has 112 valence electrons. The van der Waals surface area contributed by atoms with E-state index in [9.17, 15) is 0 Å². The van der Waals surface area contributed by atoms with Gasteiger partial charge < -0.3 is 10.1 Å². The van der Waals surface area contributed by atoms with Crippen molar-refractivity contribution >= 4 is 43.0 Å². The topological polar surface area (TPSA) is 34.1 Å². The molecule has 3 rings (SSSR count). The lowest BCUT2D eigenvalue weighted by molar-refractivity contribution is 0.294. The molecule has 0 unspecified atom stereocenters. The van der Waals surface area contributed by atoms with Gasteiger partial charge in [0, 0.05) is 23.5 Å². The predicted molar refractivity (Wildman–Crippen MR) is 93.0 cm³/mol. The van der Waals surface area contributed by atoms with Gasteiger partial charge in [0.15, 0.2) is 0 Å². The number of rotatable bonds is 4. The SMILES string of the molecule is Cc1nc2c(cc(OCCNC(C)(C)C)c3ccsc32)s1. The van der Waals surface area contributed by atoms with E-state index < -0.39 is 0 Å². The zero-order chi connectivity index (χ0) is 15.0. The van der Waals surface area contributed by atoms with Crippen molar-refractivity contribution in [3.8, 4) is 5.75 Å². The summed E-state index contributed by atoms with van der Waals surface area (Å²) in [5.74, 6) is 0.970. The van der Waals surface area contributed by atoms with E-state index in [0.29, 0.717) is 6.61 Å². The summed E-state index contributed by atoms with van der Waals surface area (Å²) in [5.41, 5.74) is 1.24. The Morgan fingerprint density at radius 2 is 2.14 bits per heavy atom. The van der Waals surface area contributed by atoms with E-state index in [4.69, 9.17) is 4.74 Å². The van der Waals surface area contributed by atoms with Gasteiger partial charge in [0.25, 0.3) is 0 Å². The van der Waals surface area contributed by atoms with Crippen molar-refractivity contribution < 1.29 is 4.74 Å². The summed E-state index contributed by atoms with van der Waals surface area (Å²) < 4.78 is 8.45. The van der Waals surface area contributed by atoms with Crippen LogP contribution in [0.15, 0.2) is 17.5 Å². The molecule has 0 saturated heterocycles. The standard InChI is InChI=1S/C16H20N2OS2/c1-10-18-14-13(21-10)9-12(11-5-8-20-15(11)14)19-7-6-17-16(2,3)4/h5,8-9,17H,6-7H2,1-4H3. The number of hydrogen-bond acceptors (Lipinski definition) is 5. The van der Waals surface area contributed by atoms with Gasteiger partial charge in [-0.2, -0.15) is 0 Å². The number of nitrogens with one attached hydrogen (secondary N) is 1. The van der Waals surface area contributed by atoms with Crippen LogP contribution in [-0.2, 0) is 0 Å².